The molecule has 0 saturated carbocycles. The molecule has 1 aromatic rings. The molecule has 0 atom stereocenters. The first kappa shape index (κ1) is 16.6. The second kappa shape index (κ2) is 7.96. The molecule has 99 valence electrons. The van der Waals surface area contributed by atoms with E-state index in [1.807, 2.05) is 19.1 Å². The van der Waals surface area contributed by atoms with E-state index >= 15 is 0 Å². The second-order valence-corrected chi connectivity index (χ2v) is 4.52. The molecular formula is C14H18N3OY-. The van der Waals surface area contributed by atoms with Crippen molar-refractivity contribution in [3.63, 3.8) is 0 Å². The first-order valence-corrected chi connectivity index (χ1v) is 6.23. The molecule has 1 aromatic carbocycles. The second-order valence-electron chi connectivity index (χ2n) is 4.52. The minimum atomic E-state index is 0. The number of β-amino-alcohol motifs (C(OH)–C–C–N with tert-alkyl or cyclic N) is 1. The quantitative estimate of drug-likeness (QED) is 0.850. The van der Waals surface area contributed by atoms with Gasteiger partial charge in [0.25, 0.3) is 0 Å². The normalized spacial score (nSPS) is 15.7. The van der Waals surface area contributed by atoms with Crippen LogP contribution in [0.5, 0.6) is 0 Å². The molecule has 1 saturated heterocycles. The van der Waals surface area contributed by atoms with Crippen molar-refractivity contribution < 1.29 is 37.8 Å². The van der Waals surface area contributed by atoms with Crippen LogP contribution in [0.25, 0.3) is 4.85 Å². The van der Waals surface area contributed by atoms with E-state index in [0.29, 0.717) is 5.69 Å². The third-order valence-corrected chi connectivity index (χ3v) is 3.35. The first-order valence-electron chi connectivity index (χ1n) is 6.23. The largest absolute Gasteiger partial charge is 0.395 e. The molecule has 0 aliphatic carbocycles. The maximum Gasteiger partial charge on any atom is 0.210 e. The molecule has 4 nitrogen and oxygen atoms in total. The predicted molar refractivity (Wildman–Crippen MR) is 72.0 cm³/mol. The fraction of sp³-hybridized carbons (Fsp3) is 0.500. The smallest absolute Gasteiger partial charge is 0.210 e. The van der Waals surface area contributed by atoms with Gasteiger partial charge < -0.3 is 10.0 Å². The first-order chi connectivity index (χ1) is 8.74. The Kier molecular flexibility index (Phi) is 6.95. The summed E-state index contributed by atoms with van der Waals surface area (Å²) in [5.74, 6) is 0. The van der Waals surface area contributed by atoms with Crippen LogP contribution in [0, 0.1) is 19.6 Å². The Morgan fingerprint density at radius 3 is 2.53 bits per heavy atom. The summed E-state index contributed by atoms with van der Waals surface area (Å²) in [6, 6.07) is 7.13. The Labute approximate surface area is 140 Å². The van der Waals surface area contributed by atoms with Crippen LogP contribution in [-0.2, 0) is 32.7 Å². The van der Waals surface area contributed by atoms with Crippen molar-refractivity contribution in [3.05, 3.63) is 35.2 Å². The van der Waals surface area contributed by atoms with Crippen LogP contribution in [0.3, 0.4) is 0 Å². The third-order valence-electron chi connectivity index (χ3n) is 3.35. The summed E-state index contributed by atoms with van der Waals surface area (Å²) in [6.07, 6.45) is 0. The van der Waals surface area contributed by atoms with Gasteiger partial charge in [-0.1, -0.05) is 24.2 Å². The van der Waals surface area contributed by atoms with E-state index < -0.39 is 0 Å². The summed E-state index contributed by atoms with van der Waals surface area (Å²) >= 11 is 0. The summed E-state index contributed by atoms with van der Waals surface area (Å²) in [5.41, 5.74) is 2.67. The van der Waals surface area contributed by atoms with Crippen molar-refractivity contribution in [3.8, 4) is 0 Å². The zero-order chi connectivity index (χ0) is 13.0. The van der Waals surface area contributed by atoms with E-state index in [2.05, 4.69) is 20.7 Å². The molecule has 1 heterocycles. The Bertz CT molecular complexity index is 450. The molecule has 0 aromatic heterocycles. The van der Waals surface area contributed by atoms with Gasteiger partial charge in [0, 0.05) is 65.4 Å². The molecule has 0 amide bonds. The average molecular weight is 333 g/mol. The van der Waals surface area contributed by atoms with Gasteiger partial charge >= 0.3 is 0 Å². The minimum Gasteiger partial charge on any atom is -0.395 e. The van der Waals surface area contributed by atoms with Crippen LogP contribution in [0.15, 0.2) is 12.1 Å². The number of aryl methyl sites for hydroxylation is 1. The minimum absolute atomic E-state index is 0. The molecule has 1 aliphatic heterocycles. The number of nitrogens with zero attached hydrogens (tertiary/aromatic N) is 3. The van der Waals surface area contributed by atoms with E-state index in [0.717, 1.165) is 44.0 Å². The van der Waals surface area contributed by atoms with Crippen LogP contribution in [0.4, 0.5) is 11.4 Å². The number of anilines is 1. The molecule has 1 radical (unpaired) electrons. The molecule has 1 fully saturated rings. The number of aliphatic hydroxyl groups is 1. The van der Waals surface area contributed by atoms with E-state index in [1.165, 1.54) is 0 Å². The number of piperazine rings is 1. The van der Waals surface area contributed by atoms with Crippen molar-refractivity contribution in [2.24, 2.45) is 0 Å². The molecule has 0 bridgehead atoms. The fourth-order valence-corrected chi connectivity index (χ4v) is 2.24. The van der Waals surface area contributed by atoms with Gasteiger partial charge in [-0.15, -0.1) is 12.1 Å². The van der Waals surface area contributed by atoms with Gasteiger partial charge in [0.15, 0.2) is 0 Å². The Hall–Kier alpha value is -0.466. The van der Waals surface area contributed by atoms with Gasteiger partial charge in [0.1, 0.15) is 6.57 Å². The zero-order valence-corrected chi connectivity index (χ0v) is 14.1. The van der Waals surface area contributed by atoms with Gasteiger partial charge in [-0.2, -0.15) is 0 Å². The Balaban J connectivity index is 0.00000180. The van der Waals surface area contributed by atoms with Crippen LogP contribution in [0.2, 0.25) is 0 Å². The van der Waals surface area contributed by atoms with Crippen LogP contribution in [0.1, 0.15) is 5.56 Å². The maximum absolute atomic E-state index is 8.91. The summed E-state index contributed by atoms with van der Waals surface area (Å²) in [4.78, 5) is 8.00. The molecule has 0 spiro atoms. The van der Waals surface area contributed by atoms with Gasteiger partial charge in [0.2, 0.25) is 5.69 Å². The van der Waals surface area contributed by atoms with Crippen molar-refractivity contribution in [1.29, 1.82) is 0 Å². The number of benzene rings is 1. The molecule has 2 rings (SSSR count). The fourth-order valence-electron chi connectivity index (χ4n) is 2.24. The Morgan fingerprint density at radius 2 is 2.00 bits per heavy atom. The zero-order valence-electron chi connectivity index (χ0n) is 11.3. The standard InChI is InChI=1S/C14H18N3O.Y/c1-12-11-13(3-4-14(12)15-2)17-7-5-16(6-8-17)9-10-18;/h3-4,18H,5-10H2,1H3;/q-1;. The molecule has 0 unspecified atom stereocenters. The van der Waals surface area contributed by atoms with Crippen LogP contribution < -0.4 is 4.90 Å². The van der Waals surface area contributed by atoms with Crippen molar-refractivity contribution >= 4 is 11.4 Å². The van der Waals surface area contributed by atoms with Gasteiger partial charge in [0.05, 0.1) is 6.61 Å². The van der Waals surface area contributed by atoms with Crippen molar-refractivity contribution in [2.75, 3.05) is 44.2 Å². The van der Waals surface area contributed by atoms with Gasteiger partial charge in [-0.25, -0.2) is 4.85 Å². The SMILES string of the molecule is [C-]#[N+]c1ccc(N2CCN(CCO)CC2)[c-]c1C.[Y]. The monoisotopic (exact) mass is 333 g/mol. The summed E-state index contributed by atoms with van der Waals surface area (Å²) in [5, 5.41) is 8.91. The molecule has 1 N–H and O–H groups in total. The van der Waals surface area contributed by atoms with E-state index in [4.69, 9.17) is 11.7 Å². The van der Waals surface area contributed by atoms with Crippen molar-refractivity contribution in [1.82, 2.24) is 4.90 Å². The summed E-state index contributed by atoms with van der Waals surface area (Å²) in [7, 11) is 0. The summed E-state index contributed by atoms with van der Waals surface area (Å²) in [6.45, 7) is 13.8. The van der Waals surface area contributed by atoms with E-state index in [-0.39, 0.29) is 39.3 Å². The molecule has 1 aliphatic rings. The average Bonchev–Trinajstić information content (AvgIpc) is 2.40. The topological polar surface area (TPSA) is 31.1 Å². The van der Waals surface area contributed by atoms with Gasteiger partial charge in [-0.05, 0) is 0 Å². The third kappa shape index (κ3) is 4.25. The molecule has 19 heavy (non-hydrogen) atoms. The van der Waals surface area contributed by atoms with Gasteiger partial charge in [-0.3, -0.25) is 4.90 Å². The molecule has 5 heteroatoms. The number of aliphatic hydroxyl groups excluding tert-OH is 1. The number of hydrogen-bond acceptors (Lipinski definition) is 3. The van der Waals surface area contributed by atoms with E-state index in [9.17, 15) is 0 Å². The Morgan fingerprint density at radius 1 is 1.32 bits per heavy atom. The van der Waals surface area contributed by atoms with Crippen molar-refractivity contribution in [2.45, 2.75) is 6.92 Å². The number of rotatable bonds is 3. The van der Waals surface area contributed by atoms with E-state index in [1.54, 1.807) is 0 Å². The van der Waals surface area contributed by atoms with Crippen LogP contribution in [-0.4, -0.2) is 49.3 Å². The molecular weight excluding hydrogens is 315 g/mol. The maximum atomic E-state index is 8.91. The number of hydrogen-bond donors (Lipinski definition) is 1. The predicted octanol–water partition coefficient (Wildman–Crippen LogP) is 1.46. The van der Waals surface area contributed by atoms with Crippen LogP contribution >= 0.6 is 0 Å². The summed E-state index contributed by atoms with van der Waals surface area (Å²) < 4.78 is 0.